The topological polar surface area (TPSA) is 54.4 Å². The van der Waals surface area contributed by atoms with E-state index in [2.05, 4.69) is 0 Å². The van der Waals surface area contributed by atoms with Crippen LogP contribution in [-0.4, -0.2) is 24.9 Å². The number of rotatable bonds is 3. The molecule has 0 heterocycles. The minimum Gasteiger partial charge on any atom is -0.286 e. The third-order valence-electron chi connectivity index (χ3n) is 1.37. The lowest BCUT2D eigenvalue weighted by Gasteiger charge is -2.16. The van der Waals surface area contributed by atoms with Crippen LogP contribution in [0.3, 0.4) is 0 Å². The fourth-order valence-electron chi connectivity index (χ4n) is 0.698. The van der Waals surface area contributed by atoms with Crippen molar-refractivity contribution < 1.29 is 26.1 Å². The molecule has 0 radical (unpaired) electrons. The van der Waals surface area contributed by atoms with E-state index in [1.807, 2.05) is 0 Å². The molecule has 1 unspecified atom stereocenters. The summed E-state index contributed by atoms with van der Waals surface area (Å²) in [5.41, 5.74) is 0. The van der Waals surface area contributed by atoms with Crippen LogP contribution in [0.5, 0.6) is 0 Å². The lowest BCUT2D eigenvalue weighted by Crippen LogP contribution is -2.29. The Morgan fingerprint density at radius 1 is 1.42 bits per heavy atom. The van der Waals surface area contributed by atoms with E-state index in [0.29, 0.717) is 0 Å². The molecule has 0 bridgehead atoms. The standard InChI is InChI=1S/C5H9F3O3S/c1-2-4(5(6,7)8)3-12(9,10)11/h4H,2-3H2,1H3,(H,9,10,11). The van der Waals surface area contributed by atoms with Gasteiger partial charge in [-0.25, -0.2) is 0 Å². The minimum absolute atomic E-state index is 0.358. The van der Waals surface area contributed by atoms with E-state index in [1.54, 1.807) is 0 Å². The van der Waals surface area contributed by atoms with Crippen LogP contribution in [0.25, 0.3) is 0 Å². The Hall–Kier alpha value is -0.300. The van der Waals surface area contributed by atoms with Gasteiger partial charge in [0.15, 0.2) is 0 Å². The van der Waals surface area contributed by atoms with Crippen LogP contribution in [0, 0.1) is 5.92 Å². The summed E-state index contributed by atoms with van der Waals surface area (Å²) >= 11 is 0. The van der Waals surface area contributed by atoms with E-state index in [0.717, 1.165) is 0 Å². The van der Waals surface area contributed by atoms with Crippen LogP contribution < -0.4 is 0 Å². The third kappa shape index (κ3) is 4.55. The van der Waals surface area contributed by atoms with E-state index in [9.17, 15) is 21.6 Å². The molecule has 0 rings (SSSR count). The molecular formula is C5H9F3O3S. The SMILES string of the molecule is CCC(CS(=O)(=O)O)C(F)(F)F. The highest BCUT2D eigenvalue weighted by atomic mass is 32.2. The molecule has 0 saturated heterocycles. The molecule has 0 aliphatic carbocycles. The van der Waals surface area contributed by atoms with Crippen molar-refractivity contribution in [2.45, 2.75) is 19.5 Å². The van der Waals surface area contributed by atoms with Crippen LogP contribution >= 0.6 is 0 Å². The lowest BCUT2D eigenvalue weighted by molar-refractivity contribution is -0.169. The maximum absolute atomic E-state index is 11.9. The molecular weight excluding hydrogens is 197 g/mol. The van der Waals surface area contributed by atoms with Gasteiger partial charge in [0.25, 0.3) is 10.1 Å². The fourth-order valence-corrected chi connectivity index (χ4v) is 1.63. The van der Waals surface area contributed by atoms with Crippen molar-refractivity contribution in [1.82, 2.24) is 0 Å². The van der Waals surface area contributed by atoms with Crippen molar-refractivity contribution in [2.75, 3.05) is 5.75 Å². The molecule has 0 fully saturated rings. The zero-order chi connectivity index (χ0) is 9.99. The van der Waals surface area contributed by atoms with Gasteiger partial charge in [0.1, 0.15) is 0 Å². The Morgan fingerprint density at radius 3 is 1.92 bits per heavy atom. The molecule has 0 aromatic rings. The van der Waals surface area contributed by atoms with Crippen molar-refractivity contribution in [2.24, 2.45) is 5.92 Å². The number of alkyl halides is 3. The Balaban J connectivity index is 4.41. The molecule has 1 atom stereocenters. The van der Waals surface area contributed by atoms with Crippen LogP contribution in [0.15, 0.2) is 0 Å². The highest BCUT2D eigenvalue weighted by Gasteiger charge is 2.40. The molecule has 0 aromatic carbocycles. The largest absolute Gasteiger partial charge is 0.392 e. The van der Waals surface area contributed by atoms with Gasteiger partial charge in [-0.1, -0.05) is 6.92 Å². The van der Waals surface area contributed by atoms with Crippen molar-refractivity contribution in [3.8, 4) is 0 Å². The average molecular weight is 206 g/mol. The van der Waals surface area contributed by atoms with Gasteiger partial charge in [-0.05, 0) is 6.42 Å². The Kier molecular flexibility index (Phi) is 3.52. The van der Waals surface area contributed by atoms with Gasteiger partial charge < -0.3 is 0 Å². The number of hydrogen-bond acceptors (Lipinski definition) is 2. The summed E-state index contributed by atoms with van der Waals surface area (Å²) in [6.45, 7) is 1.21. The molecule has 0 aliphatic rings. The average Bonchev–Trinajstić information content (AvgIpc) is 1.78. The summed E-state index contributed by atoms with van der Waals surface area (Å²) in [6, 6.07) is 0. The predicted octanol–water partition coefficient (Wildman–Crippen LogP) is 1.46. The fraction of sp³-hybridized carbons (Fsp3) is 1.00. The molecule has 0 amide bonds. The quantitative estimate of drug-likeness (QED) is 0.711. The first kappa shape index (κ1) is 11.7. The maximum Gasteiger partial charge on any atom is 0.392 e. The summed E-state index contributed by atoms with van der Waals surface area (Å²) < 4.78 is 64.0. The highest BCUT2D eigenvalue weighted by Crippen LogP contribution is 2.29. The second-order valence-corrected chi connectivity index (χ2v) is 3.89. The molecule has 12 heavy (non-hydrogen) atoms. The minimum atomic E-state index is -4.56. The first-order chi connectivity index (χ1) is 5.17. The first-order valence-corrected chi connectivity index (χ1v) is 4.79. The van der Waals surface area contributed by atoms with Gasteiger partial charge in [0, 0.05) is 0 Å². The molecule has 0 saturated carbocycles. The van der Waals surface area contributed by atoms with E-state index in [1.165, 1.54) is 6.92 Å². The van der Waals surface area contributed by atoms with E-state index in [4.69, 9.17) is 4.55 Å². The molecule has 0 spiro atoms. The second kappa shape index (κ2) is 3.61. The van der Waals surface area contributed by atoms with Crippen LogP contribution in [0.4, 0.5) is 13.2 Å². The summed E-state index contributed by atoms with van der Waals surface area (Å²) in [5, 5.41) is 0. The Labute approximate surface area is 68.3 Å². The van der Waals surface area contributed by atoms with E-state index >= 15 is 0 Å². The van der Waals surface area contributed by atoms with Crippen molar-refractivity contribution in [3.63, 3.8) is 0 Å². The second-order valence-electron chi connectivity index (χ2n) is 2.40. The van der Waals surface area contributed by atoms with Gasteiger partial charge in [0.05, 0.1) is 11.7 Å². The molecule has 0 aromatic heterocycles. The van der Waals surface area contributed by atoms with E-state index < -0.39 is 28.0 Å². The normalized spacial score (nSPS) is 16.1. The van der Waals surface area contributed by atoms with Gasteiger partial charge in [-0.2, -0.15) is 21.6 Å². The molecule has 7 heteroatoms. The highest BCUT2D eigenvalue weighted by molar-refractivity contribution is 7.85. The number of hydrogen-bond donors (Lipinski definition) is 1. The summed E-state index contributed by atoms with van der Waals surface area (Å²) in [5.74, 6) is -3.24. The van der Waals surface area contributed by atoms with Gasteiger partial charge >= 0.3 is 6.18 Å². The lowest BCUT2D eigenvalue weighted by atomic mass is 10.1. The van der Waals surface area contributed by atoms with Crippen LogP contribution in [-0.2, 0) is 10.1 Å². The molecule has 74 valence electrons. The zero-order valence-electron chi connectivity index (χ0n) is 6.30. The van der Waals surface area contributed by atoms with Crippen LogP contribution in [0.2, 0.25) is 0 Å². The van der Waals surface area contributed by atoms with Gasteiger partial charge in [-0.3, -0.25) is 4.55 Å². The monoisotopic (exact) mass is 206 g/mol. The smallest absolute Gasteiger partial charge is 0.286 e. The Bertz CT molecular complexity index is 231. The van der Waals surface area contributed by atoms with E-state index in [-0.39, 0.29) is 6.42 Å². The molecule has 0 aliphatic heterocycles. The summed E-state index contributed by atoms with van der Waals surface area (Å²) in [6.07, 6.45) is -4.92. The Morgan fingerprint density at radius 2 is 1.83 bits per heavy atom. The number of halogens is 3. The predicted molar refractivity (Wildman–Crippen MR) is 36.3 cm³/mol. The van der Waals surface area contributed by atoms with Gasteiger partial charge in [0.2, 0.25) is 0 Å². The first-order valence-electron chi connectivity index (χ1n) is 3.18. The third-order valence-corrected chi connectivity index (χ3v) is 2.19. The van der Waals surface area contributed by atoms with Crippen molar-refractivity contribution in [3.05, 3.63) is 0 Å². The van der Waals surface area contributed by atoms with Gasteiger partial charge in [-0.15, -0.1) is 0 Å². The summed E-state index contributed by atoms with van der Waals surface area (Å²) in [4.78, 5) is 0. The van der Waals surface area contributed by atoms with Crippen molar-refractivity contribution in [1.29, 1.82) is 0 Å². The summed E-state index contributed by atoms with van der Waals surface area (Å²) in [7, 11) is -4.54. The molecule has 3 nitrogen and oxygen atoms in total. The van der Waals surface area contributed by atoms with Crippen molar-refractivity contribution >= 4 is 10.1 Å². The van der Waals surface area contributed by atoms with Crippen LogP contribution in [0.1, 0.15) is 13.3 Å². The maximum atomic E-state index is 11.9. The zero-order valence-corrected chi connectivity index (χ0v) is 7.11. The molecule has 1 N–H and O–H groups in total.